The topological polar surface area (TPSA) is 103 Å². The molecule has 0 bridgehead atoms. The second-order valence-electron chi connectivity index (χ2n) is 7.98. The van der Waals surface area contributed by atoms with Gasteiger partial charge in [-0.1, -0.05) is 17.7 Å². The van der Waals surface area contributed by atoms with Crippen molar-refractivity contribution in [2.24, 2.45) is 0 Å². The second kappa shape index (κ2) is 9.25. The number of halogens is 1. The predicted octanol–water partition coefficient (Wildman–Crippen LogP) is 3.88. The summed E-state index contributed by atoms with van der Waals surface area (Å²) in [6.45, 7) is 2.54. The molecule has 0 aliphatic carbocycles. The third-order valence-electron chi connectivity index (χ3n) is 5.91. The molecule has 2 aromatic carbocycles. The number of amides is 2. The lowest BCUT2D eigenvalue weighted by molar-refractivity contribution is 0.0507. The number of benzene rings is 2. The standard InChI is InChI=1S/C24H24ClN3O5/c1-14-12-27(7-8-28(14)24(31)32)23(30)16-3-5-18-19(25)11-20(26-21(18)10-16)15-4-6-22(33-2)17(9-15)13-29/h3-6,9-11,14,29H,7-8,12-13H2,1-2H3,(H,31,32)/t14-/m0/s1. The first-order valence-corrected chi connectivity index (χ1v) is 10.9. The SMILES string of the molecule is COc1ccc(-c2cc(Cl)c3ccc(C(=O)N4CCN(C(=O)O)[C@@H](C)C4)cc3n2)cc1CO. The molecule has 0 unspecified atom stereocenters. The fraction of sp³-hybridized carbons (Fsp3) is 0.292. The van der Waals surface area contributed by atoms with E-state index in [0.29, 0.717) is 46.2 Å². The van der Waals surface area contributed by atoms with Crippen LogP contribution in [0.5, 0.6) is 5.75 Å². The number of aromatic nitrogens is 1. The van der Waals surface area contributed by atoms with E-state index in [9.17, 15) is 19.8 Å². The van der Waals surface area contributed by atoms with Gasteiger partial charge in [0.25, 0.3) is 5.91 Å². The highest BCUT2D eigenvalue weighted by molar-refractivity contribution is 6.35. The minimum absolute atomic E-state index is 0.176. The van der Waals surface area contributed by atoms with Gasteiger partial charge in [-0.15, -0.1) is 0 Å². The first kappa shape index (κ1) is 22.8. The number of methoxy groups -OCH3 is 1. The summed E-state index contributed by atoms with van der Waals surface area (Å²) in [5, 5.41) is 20.1. The molecule has 1 saturated heterocycles. The van der Waals surface area contributed by atoms with Gasteiger partial charge in [-0.25, -0.2) is 9.78 Å². The number of carbonyl (C=O) groups excluding carboxylic acids is 1. The third-order valence-corrected chi connectivity index (χ3v) is 6.23. The lowest BCUT2D eigenvalue weighted by Gasteiger charge is -2.38. The van der Waals surface area contributed by atoms with Gasteiger partial charge in [-0.3, -0.25) is 4.79 Å². The molecule has 0 radical (unpaired) electrons. The molecule has 2 heterocycles. The minimum Gasteiger partial charge on any atom is -0.496 e. The summed E-state index contributed by atoms with van der Waals surface area (Å²) >= 11 is 6.52. The van der Waals surface area contributed by atoms with Crippen LogP contribution in [0.25, 0.3) is 22.2 Å². The van der Waals surface area contributed by atoms with Crippen LogP contribution in [-0.2, 0) is 6.61 Å². The Morgan fingerprint density at radius 1 is 1.18 bits per heavy atom. The van der Waals surface area contributed by atoms with E-state index in [1.165, 1.54) is 4.90 Å². The maximum atomic E-state index is 13.1. The van der Waals surface area contributed by atoms with Gasteiger partial charge >= 0.3 is 6.09 Å². The number of carboxylic acid groups (broad SMARTS) is 1. The van der Waals surface area contributed by atoms with Gasteiger partial charge in [0.15, 0.2) is 0 Å². The molecule has 1 aromatic heterocycles. The van der Waals surface area contributed by atoms with Crippen molar-refractivity contribution < 1.29 is 24.5 Å². The number of rotatable bonds is 4. The Labute approximate surface area is 196 Å². The van der Waals surface area contributed by atoms with Crippen molar-refractivity contribution in [3.05, 3.63) is 58.6 Å². The first-order valence-electron chi connectivity index (χ1n) is 10.5. The molecular weight excluding hydrogens is 446 g/mol. The third kappa shape index (κ3) is 4.44. The van der Waals surface area contributed by atoms with Crippen molar-refractivity contribution in [3.63, 3.8) is 0 Å². The van der Waals surface area contributed by atoms with E-state index in [0.717, 1.165) is 10.9 Å². The Balaban J connectivity index is 1.66. The van der Waals surface area contributed by atoms with Crippen LogP contribution in [0.2, 0.25) is 5.02 Å². The van der Waals surface area contributed by atoms with Crippen molar-refractivity contribution in [1.29, 1.82) is 0 Å². The maximum Gasteiger partial charge on any atom is 0.407 e. The van der Waals surface area contributed by atoms with Crippen molar-refractivity contribution in [2.45, 2.75) is 19.6 Å². The number of hydrogen-bond donors (Lipinski definition) is 2. The normalized spacial score (nSPS) is 16.2. The molecule has 4 rings (SSSR count). The molecule has 1 aliphatic heterocycles. The fourth-order valence-corrected chi connectivity index (χ4v) is 4.40. The molecule has 1 atom stereocenters. The van der Waals surface area contributed by atoms with Gasteiger partial charge in [-0.2, -0.15) is 0 Å². The van der Waals surface area contributed by atoms with Crippen LogP contribution in [-0.4, -0.2) is 69.8 Å². The number of aliphatic hydroxyl groups excluding tert-OH is 1. The highest BCUT2D eigenvalue weighted by Gasteiger charge is 2.30. The van der Waals surface area contributed by atoms with Crippen LogP contribution in [0.3, 0.4) is 0 Å². The molecule has 172 valence electrons. The number of pyridine rings is 1. The van der Waals surface area contributed by atoms with E-state index in [2.05, 4.69) is 0 Å². The molecule has 0 saturated carbocycles. The Morgan fingerprint density at radius 2 is 1.97 bits per heavy atom. The van der Waals surface area contributed by atoms with Crippen LogP contribution >= 0.6 is 11.6 Å². The lowest BCUT2D eigenvalue weighted by atomic mass is 10.0. The zero-order chi connectivity index (χ0) is 23.7. The van der Waals surface area contributed by atoms with E-state index in [-0.39, 0.29) is 25.1 Å². The highest BCUT2D eigenvalue weighted by atomic mass is 35.5. The molecule has 1 aliphatic rings. The summed E-state index contributed by atoms with van der Waals surface area (Å²) in [7, 11) is 1.54. The molecule has 1 fully saturated rings. The van der Waals surface area contributed by atoms with Gasteiger partial charge < -0.3 is 24.7 Å². The second-order valence-corrected chi connectivity index (χ2v) is 8.39. The first-order chi connectivity index (χ1) is 15.8. The average molecular weight is 470 g/mol. The lowest BCUT2D eigenvalue weighted by Crippen LogP contribution is -2.55. The smallest absolute Gasteiger partial charge is 0.407 e. The van der Waals surface area contributed by atoms with Crippen LogP contribution in [0, 0.1) is 0 Å². The highest BCUT2D eigenvalue weighted by Crippen LogP contribution is 2.31. The summed E-state index contributed by atoms with van der Waals surface area (Å²) in [4.78, 5) is 32.1. The van der Waals surface area contributed by atoms with E-state index in [4.69, 9.17) is 21.3 Å². The zero-order valence-electron chi connectivity index (χ0n) is 18.3. The van der Waals surface area contributed by atoms with Gasteiger partial charge in [0, 0.05) is 47.8 Å². The molecule has 2 amide bonds. The summed E-state index contributed by atoms with van der Waals surface area (Å²) in [6.07, 6.45) is -0.977. The Bertz CT molecular complexity index is 1230. The van der Waals surface area contributed by atoms with E-state index in [1.807, 2.05) is 6.07 Å². The van der Waals surface area contributed by atoms with Crippen molar-refractivity contribution >= 4 is 34.5 Å². The van der Waals surface area contributed by atoms with Crippen LogP contribution in [0.15, 0.2) is 42.5 Å². The van der Waals surface area contributed by atoms with Crippen LogP contribution in [0.4, 0.5) is 4.79 Å². The predicted molar refractivity (Wildman–Crippen MR) is 125 cm³/mol. The molecule has 2 N–H and O–H groups in total. The van der Waals surface area contributed by atoms with Crippen LogP contribution in [0.1, 0.15) is 22.8 Å². The molecule has 9 heteroatoms. The monoisotopic (exact) mass is 469 g/mol. The number of piperazine rings is 1. The van der Waals surface area contributed by atoms with Gasteiger partial charge in [0.05, 0.1) is 29.9 Å². The molecule has 3 aromatic rings. The maximum absolute atomic E-state index is 13.1. The number of ether oxygens (including phenoxy) is 1. The number of carbonyl (C=O) groups is 2. The number of fused-ring (bicyclic) bond motifs is 1. The molecule has 8 nitrogen and oxygen atoms in total. The average Bonchev–Trinajstić information content (AvgIpc) is 2.82. The number of nitrogens with zero attached hydrogens (tertiary/aromatic N) is 3. The van der Waals surface area contributed by atoms with Crippen molar-refractivity contribution in [1.82, 2.24) is 14.8 Å². The number of aliphatic hydroxyl groups is 1. The van der Waals surface area contributed by atoms with Crippen LogP contribution < -0.4 is 4.74 Å². The zero-order valence-corrected chi connectivity index (χ0v) is 19.0. The Hall–Kier alpha value is -3.36. The summed E-state index contributed by atoms with van der Waals surface area (Å²) in [5.74, 6) is 0.405. The van der Waals surface area contributed by atoms with Gasteiger partial charge in [0.1, 0.15) is 5.75 Å². The summed E-state index contributed by atoms with van der Waals surface area (Å²) in [5.41, 5.74) is 3.04. The van der Waals surface area contributed by atoms with E-state index >= 15 is 0 Å². The molecule has 0 spiro atoms. The molecular formula is C24H24ClN3O5. The fourth-order valence-electron chi connectivity index (χ4n) is 4.14. The van der Waals surface area contributed by atoms with Gasteiger partial charge in [0.2, 0.25) is 0 Å². The quantitative estimate of drug-likeness (QED) is 0.601. The summed E-state index contributed by atoms with van der Waals surface area (Å²) < 4.78 is 5.26. The largest absolute Gasteiger partial charge is 0.496 e. The minimum atomic E-state index is -0.977. The summed E-state index contributed by atoms with van der Waals surface area (Å²) in [6, 6.07) is 12.0. The Kier molecular flexibility index (Phi) is 6.40. The van der Waals surface area contributed by atoms with Crippen molar-refractivity contribution in [3.8, 4) is 17.0 Å². The molecule has 33 heavy (non-hydrogen) atoms. The van der Waals surface area contributed by atoms with Crippen molar-refractivity contribution in [2.75, 3.05) is 26.7 Å². The number of hydrogen-bond acceptors (Lipinski definition) is 5. The van der Waals surface area contributed by atoms with Gasteiger partial charge in [-0.05, 0) is 43.3 Å². The Morgan fingerprint density at radius 3 is 2.64 bits per heavy atom. The van der Waals surface area contributed by atoms with E-state index < -0.39 is 6.09 Å². The van der Waals surface area contributed by atoms with E-state index in [1.54, 1.807) is 55.3 Å².